The number of nitrogens with one attached hydrogen (secondary N) is 1. The summed E-state index contributed by atoms with van der Waals surface area (Å²) in [6.45, 7) is 1.76. The SMILES string of the molecule is CC(=O)Nc1ccc(N2CCC(N)C2=O)c(F)c1. The van der Waals surface area contributed by atoms with Gasteiger partial charge in [0.2, 0.25) is 11.8 Å². The van der Waals surface area contributed by atoms with E-state index in [1.807, 2.05) is 0 Å². The Morgan fingerprint density at radius 2 is 2.28 bits per heavy atom. The van der Waals surface area contributed by atoms with Crippen LogP contribution in [0.5, 0.6) is 0 Å². The zero-order chi connectivity index (χ0) is 13.3. The van der Waals surface area contributed by atoms with Gasteiger partial charge in [-0.15, -0.1) is 0 Å². The van der Waals surface area contributed by atoms with E-state index in [9.17, 15) is 14.0 Å². The van der Waals surface area contributed by atoms with Crippen molar-refractivity contribution in [3.05, 3.63) is 24.0 Å². The smallest absolute Gasteiger partial charge is 0.244 e. The zero-order valence-electron chi connectivity index (χ0n) is 9.94. The topological polar surface area (TPSA) is 75.4 Å². The molecule has 3 N–H and O–H groups in total. The van der Waals surface area contributed by atoms with Gasteiger partial charge in [-0.25, -0.2) is 4.39 Å². The molecule has 1 aromatic rings. The van der Waals surface area contributed by atoms with E-state index < -0.39 is 11.9 Å². The minimum absolute atomic E-state index is 0.196. The summed E-state index contributed by atoms with van der Waals surface area (Å²) in [5, 5.41) is 2.48. The van der Waals surface area contributed by atoms with Gasteiger partial charge < -0.3 is 16.0 Å². The molecular weight excluding hydrogens is 237 g/mol. The van der Waals surface area contributed by atoms with Gasteiger partial charge in [-0.2, -0.15) is 0 Å². The Bertz CT molecular complexity index is 504. The number of halogens is 1. The highest BCUT2D eigenvalue weighted by atomic mass is 19.1. The number of carbonyl (C=O) groups excluding carboxylic acids is 2. The number of hydrogen-bond donors (Lipinski definition) is 2. The maximum absolute atomic E-state index is 13.9. The summed E-state index contributed by atoms with van der Waals surface area (Å²) in [7, 11) is 0. The van der Waals surface area contributed by atoms with Crippen LogP contribution in [-0.2, 0) is 9.59 Å². The van der Waals surface area contributed by atoms with Crippen molar-refractivity contribution in [3.63, 3.8) is 0 Å². The lowest BCUT2D eigenvalue weighted by Gasteiger charge is -2.17. The van der Waals surface area contributed by atoms with Gasteiger partial charge in [0.05, 0.1) is 11.7 Å². The molecule has 1 fully saturated rings. The normalized spacial score (nSPS) is 19.2. The first-order chi connectivity index (χ1) is 8.49. The third kappa shape index (κ3) is 2.33. The van der Waals surface area contributed by atoms with Crippen molar-refractivity contribution in [3.8, 4) is 0 Å². The van der Waals surface area contributed by atoms with Gasteiger partial charge >= 0.3 is 0 Å². The van der Waals surface area contributed by atoms with Gasteiger partial charge in [0.25, 0.3) is 0 Å². The van der Waals surface area contributed by atoms with Crippen molar-refractivity contribution >= 4 is 23.2 Å². The molecule has 2 rings (SSSR count). The Hall–Kier alpha value is -1.95. The molecule has 1 aliphatic heterocycles. The van der Waals surface area contributed by atoms with Crippen LogP contribution in [-0.4, -0.2) is 24.4 Å². The molecule has 0 radical (unpaired) electrons. The van der Waals surface area contributed by atoms with Crippen LogP contribution in [0.2, 0.25) is 0 Å². The Labute approximate surface area is 104 Å². The molecule has 0 bridgehead atoms. The average Bonchev–Trinajstić information content (AvgIpc) is 2.60. The molecule has 18 heavy (non-hydrogen) atoms. The third-order valence-electron chi connectivity index (χ3n) is 2.81. The zero-order valence-corrected chi connectivity index (χ0v) is 9.94. The van der Waals surface area contributed by atoms with Crippen LogP contribution in [0.4, 0.5) is 15.8 Å². The van der Waals surface area contributed by atoms with E-state index in [-0.39, 0.29) is 17.5 Å². The molecule has 1 unspecified atom stereocenters. The first-order valence-electron chi connectivity index (χ1n) is 5.63. The predicted octanol–water partition coefficient (Wildman–Crippen LogP) is 0.848. The summed E-state index contributed by atoms with van der Waals surface area (Å²) >= 11 is 0. The Morgan fingerprint density at radius 1 is 1.56 bits per heavy atom. The number of benzene rings is 1. The first-order valence-corrected chi connectivity index (χ1v) is 5.63. The molecule has 0 saturated carbocycles. The lowest BCUT2D eigenvalue weighted by molar-refractivity contribution is -0.118. The summed E-state index contributed by atoms with van der Waals surface area (Å²) in [6.07, 6.45) is 0.520. The maximum atomic E-state index is 13.9. The van der Waals surface area contributed by atoms with Crippen LogP contribution in [0.15, 0.2) is 18.2 Å². The molecule has 6 heteroatoms. The fourth-order valence-corrected chi connectivity index (χ4v) is 1.95. The summed E-state index contributed by atoms with van der Waals surface area (Å²) in [4.78, 5) is 23.9. The van der Waals surface area contributed by atoms with Gasteiger partial charge in [-0.05, 0) is 24.6 Å². The number of nitrogens with two attached hydrogens (primary N) is 1. The summed E-state index contributed by atoms with van der Waals surface area (Å²) in [6, 6.07) is 3.65. The standard InChI is InChI=1S/C12H14FN3O2/c1-7(17)15-8-2-3-11(9(13)6-8)16-5-4-10(14)12(16)18/h2-3,6,10H,4-5,14H2,1H3,(H,15,17). The summed E-state index contributed by atoms with van der Waals surface area (Å²) in [5.41, 5.74) is 6.14. The molecule has 5 nitrogen and oxygen atoms in total. The molecule has 0 spiro atoms. The summed E-state index contributed by atoms with van der Waals surface area (Å²) < 4.78 is 13.9. The highest BCUT2D eigenvalue weighted by Gasteiger charge is 2.31. The largest absolute Gasteiger partial charge is 0.326 e. The van der Waals surface area contributed by atoms with E-state index in [4.69, 9.17) is 5.73 Å². The Morgan fingerprint density at radius 3 is 2.78 bits per heavy atom. The van der Waals surface area contributed by atoms with E-state index in [1.54, 1.807) is 6.07 Å². The lowest BCUT2D eigenvalue weighted by Crippen LogP contribution is -2.34. The number of anilines is 2. The van der Waals surface area contributed by atoms with Crippen LogP contribution in [0, 0.1) is 5.82 Å². The lowest BCUT2D eigenvalue weighted by atomic mass is 10.2. The summed E-state index contributed by atoms with van der Waals surface area (Å²) in [5.74, 6) is -1.11. The van der Waals surface area contributed by atoms with Crippen LogP contribution < -0.4 is 16.0 Å². The second-order valence-corrected chi connectivity index (χ2v) is 4.23. The number of carbonyl (C=O) groups is 2. The Balaban J connectivity index is 2.25. The number of hydrogen-bond acceptors (Lipinski definition) is 3. The van der Waals surface area contributed by atoms with Crippen LogP contribution in [0.3, 0.4) is 0 Å². The third-order valence-corrected chi connectivity index (χ3v) is 2.81. The highest BCUT2D eigenvalue weighted by Crippen LogP contribution is 2.26. The second-order valence-electron chi connectivity index (χ2n) is 4.23. The predicted molar refractivity (Wildman–Crippen MR) is 65.6 cm³/mol. The van der Waals surface area contributed by atoms with Crippen LogP contribution >= 0.6 is 0 Å². The van der Waals surface area contributed by atoms with Crippen molar-refractivity contribution in [1.29, 1.82) is 0 Å². The number of rotatable bonds is 2. The monoisotopic (exact) mass is 251 g/mol. The van der Waals surface area contributed by atoms with Gasteiger partial charge in [0.15, 0.2) is 0 Å². The molecule has 1 atom stereocenters. The molecule has 2 amide bonds. The van der Waals surface area contributed by atoms with Crippen molar-refractivity contribution in [2.75, 3.05) is 16.8 Å². The van der Waals surface area contributed by atoms with Crippen molar-refractivity contribution < 1.29 is 14.0 Å². The average molecular weight is 251 g/mol. The molecular formula is C12H14FN3O2. The Kier molecular flexibility index (Phi) is 3.29. The first kappa shape index (κ1) is 12.5. The van der Waals surface area contributed by atoms with Crippen LogP contribution in [0.1, 0.15) is 13.3 Å². The minimum atomic E-state index is -0.556. The molecule has 1 aromatic carbocycles. The quantitative estimate of drug-likeness (QED) is 0.818. The van der Waals surface area contributed by atoms with Crippen LogP contribution in [0.25, 0.3) is 0 Å². The minimum Gasteiger partial charge on any atom is -0.326 e. The highest BCUT2D eigenvalue weighted by molar-refractivity contribution is 5.99. The molecule has 1 saturated heterocycles. The van der Waals surface area contributed by atoms with E-state index in [2.05, 4.69) is 5.32 Å². The van der Waals surface area contributed by atoms with Gasteiger partial charge in [0, 0.05) is 19.2 Å². The molecule has 1 heterocycles. The maximum Gasteiger partial charge on any atom is 0.244 e. The van der Waals surface area contributed by atoms with E-state index >= 15 is 0 Å². The molecule has 0 aromatic heterocycles. The molecule has 0 aliphatic carbocycles. The van der Waals surface area contributed by atoms with Gasteiger partial charge in [0.1, 0.15) is 5.82 Å². The van der Waals surface area contributed by atoms with Crippen molar-refractivity contribution in [2.45, 2.75) is 19.4 Å². The van der Waals surface area contributed by atoms with Crippen molar-refractivity contribution in [1.82, 2.24) is 0 Å². The van der Waals surface area contributed by atoms with Gasteiger partial charge in [-0.3, -0.25) is 9.59 Å². The molecule has 96 valence electrons. The van der Waals surface area contributed by atoms with Crippen molar-refractivity contribution in [2.24, 2.45) is 5.73 Å². The van der Waals surface area contributed by atoms with Gasteiger partial charge in [-0.1, -0.05) is 0 Å². The van der Waals surface area contributed by atoms with E-state index in [1.165, 1.54) is 24.0 Å². The fourth-order valence-electron chi connectivity index (χ4n) is 1.95. The molecule has 1 aliphatic rings. The number of nitrogens with zero attached hydrogens (tertiary/aromatic N) is 1. The number of amides is 2. The second kappa shape index (κ2) is 4.73. The fraction of sp³-hybridized carbons (Fsp3) is 0.333. The van der Waals surface area contributed by atoms with E-state index in [0.29, 0.717) is 18.7 Å². The van der Waals surface area contributed by atoms with E-state index in [0.717, 1.165) is 0 Å².